The third-order valence-electron chi connectivity index (χ3n) is 3.24. The molecule has 4 nitrogen and oxygen atoms in total. The van der Waals surface area contributed by atoms with Crippen LogP contribution in [-0.4, -0.2) is 22.1 Å². The van der Waals surface area contributed by atoms with Crippen LogP contribution in [0.4, 0.5) is 5.13 Å². The first-order valence-electron chi connectivity index (χ1n) is 6.73. The Morgan fingerprint density at radius 2 is 2.09 bits per heavy atom. The van der Waals surface area contributed by atoms with Crippen molar-refractivity contribution in [3.8, 4) is 0 Å². The Hall–Kier alpha value is -1.44. The van der Waals surface area contributed by atoms with Crippen molar-refractivity contribution >= 4 is 55.7 Å². The zero-order valence-electron chi connectivity index (χ0n) is 12.5. The van der Waals surface area contributed by atoms with Crippen molar-refractivity contribution in [2.24, 2.45) is 0 Å². The lowest BCUT2D eigenvalue weighted by molar-refractivity contribution is -0.115. The van der Waals surface area contributed by atoms with Crippen molar-refractivity contribution in [2.75, 3.05) is 11.6 Å². The molecule has 0 bridgehead atoms. The van der Waals surface area contributed by atoms with E-state index >= 15 is 0 Å². The highest BCUT2D eigenvalue weighted by molar-refractivity contribution is 8.00. The van der Waals surface area contributed by atoms with E-state index in [1.165, 1.54) is 11.3 Å². The highest BCUT2D eigenvalue weighted by atomic mass is 32.2. The first kappa shape index (κ1) is 15.5. The average Bonchev–Trinajstić information content (AvgIpc) is 3.03. The Labute approximate surface area is 141 Å². The molecule has 22 heavy (non-hydrogen) atoms. The summed E-state index contributed by atoms with van der Waals surface area (Å²) in [4.78, 5) is 22.2. The van der Waals surface area contributed by atoms with Crippen molar-refractivity contribution in [1.82, 2.24) is 9.97 Å². The van der Waals surface area contributed by atoms with Gasteiger partial charge in [-0.05, 0) is 31.7 Å². The number of aromatic nitrogens is 2. The molecule has 0 radical (unpaired) electrons. The van der Waals surface area contributed by atoms with Gasteiger partial charge in [0.1, 0.15) is 4.34 Å². The predicted molar refractivity (Wildman–Crippen MR) is 95.3 cm³/mol. The molecule has 1 N–H and O–H groups in total. The zero-order chi connectivity index (χ0) is 15.7. The minimum Gasteiger partial charge on any atom is -0.302 e. The molecule has 7 heteroatoms. The molecule has 0 saturated heterocycles. The van der Waals surface area contributed by atoms with Gasteiger partial charge in [0.25, 0.3) is 0 Å². The fourth-order valence-corrected chi connectivity index (χ4v) is 4.71. The van der Waals surface area contributed by atoms with Crippen molar-refractivity contribution in [3.05, 3.63) is 34.3 Å². The number of rotatable bonds is 4. The molecule has 0 atom stereocenters. The quantitative estimate of drug-likeness (QED) is 0.715. The van der Waals surface area contributed by atoms with Gasteiger partial charge in [-0.1, -0.05) is 35.2 Å². The van der Waals surface area contributed by atoms with E-state index in [1.807, 2.05) is 38.3 Å². The molecule has 3 aromatic rings. The number of anilines is 1. The standard InChI is InChI=1S/C15H15N3OS3/c1-8-5-4-6-10-13(8)18-14(21-10)17-12(19)7-11-9(2)16-15(20-3)22-11/h4-6H,7H2,1-3H3,(H,17,18,19). The average molecular weight is 350 g/mol. The predicted octanol–water partition coefficient (Wildman–Crippen LogP) is 4.27. The van der Waals surface area contributed by atoms with Gasteiger partial charge in [-0.2, -0.15) is 0 Å². The smallest absolute Gasteiger partial charge is 0.231 e. The third kappa shape index (κ3) is 3.16. The molecule has 0 spiro atoms. The van der Waals surface area contributed by atoms with E-state index < -0.39 is 0 Å². The lowest BCUT2D eigenvalue weighted by Crippen LogP contribution is -2.14. The van der Waals surface area contributed by atoms with Crippen molar-refractivity contribution in [1.29, 1.82) is 0 Å². The zero-order valence-corrected chi connectivity index (χ0v) is 14.9. The van der Waals surface area contributed by atoms with Crippen LogP contribution in [-0.2, 0) is 11.2 Å². The molecule has 3 rings (SSSR count). The maximum Gasteiger partial charge on any atom is 0.231 e. The summed E-state index contributed by atoms with van der Waals surface area (Å²) in [6.07, 6.45) is 2.34. The molecule has 0 aliphatic rings. The van der Waals surface area contributed by atoms with Crippen molar-refractivity contribution < 1.29 is 4.79 Å². The van der Waals surface area contributed by atoms with E-state index in [4.69, 9.17) is 0 Å². The van der Waals surface area contributed by atoms with Crippen LogP contribution < -0.4 is 5.32 Å². The molecule has 1 amide bonds. The molecule has 114 valence electrons. The van der Waals surface area contributed by atoms with E-state index in [9.17, 15) is 4.79 Å². The Morgan fingerprint density at radius 3 is 2.77 bits per heavy atom. The van der Waals surface area contributed by atoms with E-state index in [-0.39, 0.29) is 5.91 Å². The molecule has 1 aromatic carbocycles. The first-order chi connectivity index (χ1) is 10.6. The summed E-state index contributed by atoms with van der Waals surface area (Å²) < 4.78 is 2.09. The number of nitrogens with one attached hydrogen (secondary N) is 1. The van der Waals surface area contributed by atoms with Crippen LogP contribution in [0.25, 0.3) is 10.2 Å². The normalized spacial score (nSPS) is 11.0. The fourth-order valence-electron chi connectivity index (χ4n) is 2.10. The number of carbonyl (C=O) groups excluding carboxylic acids is 1. The number of thiazole rings is 2. The van der Waals surface area contributed by atoms with Gasteiger partial charge in [-0.25, -0.2) is 9.97 Å². The van der Waals surface area contributed by atoms with Gasteiger partial charge in [-0.15, -0.1) is 11.3 Å². The number of nitrogens with zero attached hydrogens (tertiary/aromatic N) is 2. The van der Waals surface area contributed by atoms with Crippen molar-refractivity contribution in [2.45, 2.75) is 24.6 Å². The second-order valence-corrected chi connectivity index (χ2v) is 8.03. The lowest BCUT2D eigenvalue weighted by atomic mass is 10.2. The minimum absolute atomic E-state index is 0.0453. The fraction of sp³-hybridized carbons (Fsp3) is 0.267. The number of aryl methyl sites for hydroxylation is 2. The number of hydrogen-bond donors (Lipinski definition) is 1. The van der Waals surface area contributed by atoms with Gasteiger partial charge in [0, 0.05) is 4.88 Å². The monoisotopic (exact) mass is 349 g/mol. The molecule has 2 heterocycles. The van der Waals surface area contributed by atoms with Crippen LogP contribution in [0.1, 0.15) is 16.1 Å². The topological polar surface area (TPSA) is 54.9 Å². The van der Waals surface area contributed by atoms with Crippen LogP contribution in [0.2, 0.25) is 0 Å². The summed E-state index contributed by atoms with van der Waals surface area (Å²) in [5.41, 5.74) is 3.02. The van der Waals surface area contributed by atoms with Crippen LogP contribution >= 0.6 is 34.4 Å². The summed E-state index contributed by atoms with van der Waals surface area (Å²) in [5, 5.41) is 3.56. The van der Waals surface area contributed by atoms with E-state index in [0.29, 0.717) is 11.6 Å². The number of amides is 1. The number of para-hydroxylation sites is 1. The molecule has 2 aromatic heterocycles. The highest BCUT2D eigenvalue weighted by Gasteiger charge is 2.13. The third-order valence-corrected chi connectivity index (χ3v) is 6.31. The molecule has 0 unspecified atom stereocenters. The summed E-state index contributed by atoms with van der Waals surface area (Å²) in [5.74, 6) is -0.0453. The second kappa shape index (κ2) is 6.36. The van der Waals surface area contributed by atoms with Crippen LogP contribution in [0, 0.1) is 13.8 Å². The van der Waals surface area contributed by atoms with Gasteiger partial charge in [-0.3, -0.25) is 4.79 Å². The summed E-state index contributed by atoms with van der Waals surface area (Å²) in [6.45, 7) is 3.97. The number of benzene rings is 1. The maximum absolute atomic E-state index is 12.2. The Balaban J connectivity index is 1.75. The molecule has 0 aliphatic carbocycles. The summed E-state index contributed by atoms with van der Waals surface area (Å²) in [6, 6.07) is 6.05. The van der Waals surface area contributed by atoms with Gasteiger partial charge in [0.15, 0.2) is 5.13 Å². The molecular formula is C15H15N3OS3. The van der Waals surface area contributed by atoms with Gasteiger partial charge < -0.3 is 5.32 Å². The van der Waals surface area contributed by atoms with E-state index in [1.54, 1.807) is 23.1 Å². The van der Waals surface area contributed by atoms with Gasteiger partial charge in [0.05, 0.1) is 22.3 Å². The van der Waals surface area contributed by atoms with Gasteiger partial charge >= 0.3 is 0 Å². The van der Waals surface area contributed by atoms with Crippen LogP contribution in [0.15, 0.2) is 22.5 Å². The number of thioether (sulfide) groups is 1. The Morgan fingerprint density at radius 1 is 1.27 bits per heavy atom. The molecule has 0 fully saturated rings. The SMILES string of the molecule is CSc1nc(C)c(CC(=O)Nc2nc3c(C)cccc3s2)s1. The number of fused-ring (bicyclic) bond motifs is 1. The number of carbonyl (C=O) groups is 1. The minimum atomic E-state index is -0.0453. The van der Waals surface area contributed by atoms with Gasteiger partial charge in [0.2, 0.25) is 5.91 Å². The summed E-state index contributed by atoms with van der Waals surface area (Å²) in [7, 11) is 0. The van der Waals surface area contributed by atoms with Crippen LogP contribution in [0.3, 0.4) is 0 Å². The number of hydrogen-bond acceptors (Lipinski definition) is 6. The van der Waals surface area contributed by atoms with E-state index in [2.05, 4.69) is 15.3 Å². The van der Waals surface area contributed by atoms with Crippen LogP contribution in [0.5, 0.6) is 0 Å². The van der Waals surface area contributed by atoms with E-state index in [0.717, 1.165) is 30.7 Å². The molecule has 0 saturated carbocycles. The van der Waals surface area contributed by atoms with Crippen molar-refractivity contribution in [3.63, 3.8) is 0 Å². The Bertz CT molecular complexity index is 838. The molecular weight excluding hydrogens is 334 g/mol. The maximum atomic E-state index is 12.2. The largest absolute Gasteiger partial charge is 0.302 e. The first-order valence-corrected chi connectivity index (χ1v) is 9.59. The lowest BCUT2D eigenvalue weighted by Gasteiger charge is -2.00. The second-order valence-electron chi connectivity index (χ2n) is 4.86. The Kier molecular flexibility index (Phi) is 4.46. The highest BCUT2D eigenvalue weighted by Crippen LogP contribution is 2.29. The summed E-state index contributed by atoms with van der Waals surface area (Å²) >= 11 is 4.69. The molecule has 0 aliphatic heterocycles.